The molecule has 0 unspecified atom stereocenters. The van der Waals surface area contributed by atoms with Gasteiger partial charge in [-0.05, 0) is 123 Å². The summed E-state index contributed by atoms with van der Waals surface area (Å²) in [6, 6.07) is 69.9. The van der Waals surface area contributed by atoms with Crippen molar-refractivity contribution in [1.82, 2.24) is 4.57 Å². The number of para-hydroxylation sites is 2. The Kier molecular flexibility index (Phi) is 8.50. The molecule has 2 aliphatic heterocycles. The molecular formula is C72H54BN3S. The van der Waals surface area contributed by atoms with Gasteiger partial charge in [0.25, 0.3) is 6.71 Å². The van der Waals surface area contributed by atoms with Crippen molar-refractivity contribution in [3.63, 3.8) is 0 Å². The van der Waals surface area contributed by atoms with Gasteiger partial charge in [0, 0.05) is 75.9 Å². The number of rotatable bonds is 8. The summed E-state index contributed by atoms with van der Waals surface area (Å²) in [5.41, 5.74) is 15.1. The zero-order chi connectivity index (χ0) is 58.5. The van der Waals surface area contributed by atoms with Gasteiger partial charge in [-0.2, -0.15) is 0 Å². The number of benzene rings is 11. The van der Waals surface area contributed by atoms with Crippen molar-refractivity contribution in [2.45, 2.75) is 38.5 Å². The number of thiophene rings is 1. The van der Waals surface area contributed by atoms with Crippen LogP contribution < -0.4 is 26.2 Å². The zero-order valence-electron chi connectivity index (χ0n) is 51.0. The molecule has 0 aliphatic carbocycles. The van der Waals surface area contributed by atoms with Gasteiger partial charge in [-0.15, -0.1) is 11.3 Å². The van der Waals surface area contributed by atoms with Gasteiger partial charge in [-0.25, -0.2) is 0 Å². The molecule has 0 fully saturated rings. The van der Waals surface area contributed by atoms with Crippen LogP contribution in [0.25, 0.3) is 58.8 Å². The largest absolute Gasteiger partial charge is 0.311 e. The molecular weight excluding hydrogens is 950 g/mol. The molecule has 0 saturated carbocycles. The minimum atomic E-state index is -0.488. The van der Waals surface area contributed by atoms with Crippen LogP contribution in [0.1, 0.15) is 60.9 Å². The van der Waals surface area contributed by atoms with Gasteiger partial charge in [0.2, 0.25) is 0 Å². The summed E-state index contributed by atoms with van der Waals surface area (Å²) >= 11 is 1.79. The molecule has 3 nitrogen and oxygen atoms in total. The summed E-state index contributed by atoms with van der Waals surface area (Å²) in [7, 11) is 0. The van der Waals surface area contributed by atoms with Crippen LogP contribution in [-0.4, -0.2) is 11.3 Å². The van der Waals surface area contributed by atoms with E-state index in [9.17, 15) is 5.48 Å². The molecule has 2 aliphatic rings. The fourth-order valence-electron chi connectivity index (χ4n) is 12.5. The van der Waals surface area contributed by atoms with Gasteiger partial charge in [-0.1, -0.05) is 210 Å². The summed E-state index contributed by atoms with van der Waals surface area (Å²) in [6.07, 6.45) is 0. The fraction of sp³-hybridized carbons (Fsp3) is 0.0833. The van der Waals surface area contributed by atoms with E-state index in [0.717, 1.165) is 88.2 Å². The van der Waals surface area contributed by atoms with Gasteiger partial charge >= 0.3 is 0 Å². The maximum absolute atomic E-state index is 9.70. The first-order valence-electron chi connectivity index (χ1n) is 30.3. The van der Waals surface area contributed by atoms with E-state index in [4.69, 9.17) is 5.48 Å². The molecule has 2 aromatic heterocycles. The zero-order valence-corrected chi connectivity index (χ0v) is 43.8. The number of nitrogens with zero attached hydrogens (tertiary/aromatic N) is 3. The first kappa shape index (κ1) is 37.8. The van der Waals surface area contributed by atoms with Crippen LogP contribution in [0.5, 0.6) is 0 Å². The molecule has 0 radical (unpaired) electrons. The van der Waals surface area contributed by atoms with Gasteiger partial charge in [-0.3, -0.25) is 0 Å². The van der Waals surface area contributed by atoms with Crippen molar-refractivity contribution in [2.75, 3.05) is 9.80 Å². The van der Waals surface area contributed by atoms with E-state index in [1.807, 2.05) is 24.3 Å². The molecule has 366 valence electrons. The van der Waals surface area contributed by atoms with Crippen LogP contribution in [0.15, 0.2) is 255 Å². The minimum Gasteiger partial charge on any atom is -0.311 e. The lowest BCUT2D eigenvalue weighted by atomic mass is 9.33. The SMILES string of the molecule is [2H]c1c([2H])c([2H])c2c(c1[2H])c1c([2H])c([2H])c([2H])c([2H])c1n2-c1cc2c3c(c1)N(c1ccc(-c4ccccc4)cc1)c1cc4c(cc1B3c1cc(C(C)(C)c3ccccc3)ccc1N2c1ccc(C(C)(C)c2ccccc2)cc1)sc1ccccc14. The van der Waals surface area contributed by atoms with Crippen LogP contribution in [0.4, 0.5) is 34.1 Å². The molecule has 0 atom stereocenters. The molecule has 0 N–H and O–H groups in total. The average molecular weight is 1010 g/mol. The normalized spacial score (nSPS) is 14.6. The predicted molar refractivity (Wildman–Crippen MR) is 330 cm³/mol. The van der Waals surface area contributed by atoms with Crippen molar-refractivity contribution in [3.8, 4) is 16.8 Å². The van der Waals surface area contributed by atoms with Crippen molar-refractivity contribution in [1.29, 1.82) is 0 Å². The summed E-state index contributed by atoms with van der Waals surface area (Å²) in [5.74, 6) is 0. The first-order chi connectivity index (χ1) is 41.0. The molecule has 0 spiro atoms. The maximum atomic E-state index is 9.70. The number of hydrogen-bond acceptors (Lipinski definition) is 3. The quantitative estimate of drug-likeness (QED) is 0.141. The monoisotopic (exact) mass is 1010 g/mol. The summed E-state index contributed by atoms with van der Waals surface area (Å²) < 4.78 is 78.5. The van der Waals surface area contributed by atoms with Gasteiger partial charge in [0.15, 0.2) is 0 Å². The standard InChI is InChI=1S/C72H54BN3S/c1-71(2,49-22-10-6-11-23-49)51-34-39-54(40-35-51)74-64-41-36-52(72(3,4)50-24-12-7-13-25-50)42-60(64)73-61-46-69-59(58-28-16-19-31-68(58)77-69)45-65(61)75(53-37-32-48(33-38-53)47-20-8-5-9-21-47)67-44-55(43-66(74)70(67)73)76-62-29-17-14-26-56(62)57-27-15-18-30-63(57)76/h5-46H,1-4H3/i14D,15D,17D,18D,26D,27D,29D,30D. The van der Waals surface area contributed by atoms with Gasteiger partial charge in [0.05, 0.1) is 27.7 Å². The molecule has 0 bridgehead atoms. The van der Waals surface area contributed by atoms with Crippen molar-refractivity contribution >= 4 is 111 Å². The highest BCUT2D eigenvalue weighted by Gasteiger charge is 2.45. The first-order valence-corrected chi connectivity index (χ1v) is 27.1. The predicted octanol–water partition coefficient (Wildman–Crippen LogP) is 17.6. The lowest BCUT2D eigenvalue weighted by molar-refractivity contribution is 0.641. The lowest BCUT2D eigenvalue weighted by Crippen LogP contribution is -2.61. The maximum Gasteiger partial charge on any atom is 0.252 e. The van der Waals surface area contributed by atoms with Crippen molar-refractivity contribution < 1.29 is 11.0 Å². The van der Waals surface area contributed by atoms with Crippen molar-refractivity contribution in [3.05, 3.63) is 277 Å². The number of aromatic nitrogens is 1. The van der Waals surface area contributed by atoms with E-state index in [2.05, 4.69) is 219 Å². The highest BCUT2D eigenvalue weighted by molar-refractivity contribution is 7.26. The van der Waals surface area contributed by atoms with Crippen LogP contribution in [0, 0.1) is 0 Å². The third kappa shape index (κ3) is 7.03. The van der Waals surface area contributed by atoms with Crippen LogP contribution >= 0.6 is 11.3 Å². The van der Waals surface area contributed by atoms with Crippen LogP contribution in [-0.2, 0) is 10.8 Å². The van der Waals surface area contributed by atoms with E-state index in [0.29, 0.717) is 5.69 Å². The summed E-state index contributed by atoms with van der Waals surface area (Å²) in [6.45, 7) is 8.71. The Morgan fingerprint density at radius 1 is 0.377 bits per heavy atom. The second kappa shape index (κ2) is 17.3. The Balaban J connectivity index is 1.10. The van der Waals surface area contributed by atoms with Crippen LogP contribution in [0.2, 0.25) is 0 Å². The molecule has 0 saturated heterocycles. The second-order valence-electron chi connectivity index (χ2n) is 21.5. The average Bonchev–Trinajstić information content (AvgIpc) is 1.70. The Morgan fingerprint density at radius 2 is 0.870 bits per heavy atom. The Morgan fingerprint density at radius 3 is 1.51 bits per heavy atom. The smallest absolute Gasteiger partial charge is 0.252 e. The minimum absolute atomic E-state index is 0.0232. The molecule has 5 heteroatoms. The second-order valence-corrected chi connectivity index (χ2v) is 22.6. The lowest BCUT2D eigenvalue weighted by Gasteiger charge is -2.45. The summed E-state index contributed by atoms with van der Waals surface area (Å²) in [4.78, 5) is 4.66. The Hall–Kier alpha value is -8.90. The van der Waals surface area contributed by atoms with E-state index < -0.39 is 29.6 Å². The van der Waals surface area contributed by atoms with Crippen molar-refractivity contribution in [2.24, 2.45) is 0 Å². The van der Waals surface area contributed by atoms with Gasteiger partial charge < -0.3 is 14.4 Å². The fourth-order valence-corrected chi connectivity index (χ4v) is 13.6. The molecule has 0 amide bonds. The molecule has 15 rings (SSSR count). The third-order valence-electron chi connectivity index (χ3n) is 16.6. The highest BCUT2D eigenvalue weighted by atomic mass is 32.1. The molecule has 13 aromatic rings. The topological polar surface area (TPSA) is 11.4 Å². The van der Waals surface area contributed by atoms with Gasteiger partial charge in [0.1, 0.15) is 0 Å². The van der Waals surface area contributed by atoms with E-state index in [-0.39, 0.29) is 58.1 Å². The van der Waals surface area contributed by atoms with E-state index in [1.54, 1.807) is 15.9 Å². The molecule has 11 aromatic carbocycles. The Bertz CT molecular complexity index is 4850. The highest BCUT2D eigenvalue weighted by Crippen LogP contribution is 2.49. The third-order valence-corrected chi connectivity index (χ3v) is 17.8. The Labute approximate surface area is 465 Å². The number of anilines is 6. The molecule has 4 heterocycles. The number of hydrogen-bond donors (Lipinski definition) is 0. The number of fused-ring (bicyclic) bond motifs is 10. The van der Waals surface area contributed by atoms with Crippen LogP contribution in [0.3, 0.4) is 0 Å². The molecule has 77 heavy (non-hydrogen) atoms. The van der Waals surface area contributed by atoms with E-state index >= 15 is 0 Å². The van der Waals surface area contributed by atoms with E-state index in [1.165, 1.54) is 15.8 Å². The summed E-state index contributed by atoms with van der Waals surface area (Å²) in [5, 5.41) is 2.32.